The van der Waals surface area contributed by atoms with E-state index in [0.717, 1.165) is 0 Å². The van der Waals surface area contributed by atoms with Crippen molar-refractivity contribution in [1.29, 1.82) is 0 Å². The summed E-state index contributed by atoms with van der Waals surface area (Å²) in [7, 11) is -9.23. The van der Waals surface area contributed by atoms with Gasteiger partial charge in [0.25, 0.3) is 0 Å². The fourth-order valence-electron chi connectivity index (χ4n) is 3.15. The molecule has 0 aliphatic carbocycles. The molecule has 0 saturated heterocycles. The molecule has 0 unspecified atom stereocenters. The van der Waals surface area contributed by atoms with E-state index in [-0.39, 0.29) is 12.1 Å². The summed E-state index contributed by atoms with van der Waals surface area (Å²) in [5.41, 5.74) is 0. The third kappa shape index (κ3) is 5.74. The first-order chi connectivity index (χ1) is 20.5. The normalized spacial score (nSPS) is 16.4. The van der Waals surface area contributed by atoms with Crippen molar-refractivity contribution in [3.8, 4) is 0 Å². The minimum atomic E-state index is -9.66. The van der Waals surface area contributed by atoms with Gasteiger partial charge in [-0.15, -0.1) is 0 Å². The van der Waals surface area contributed by atoms with Crippen LogP contribution >= 0.6 is 15.9 Å². The zero-order valence-corrected chi connectivity index (χ0v) is 23.4. The second-order valence-electron chi connectivity index (χ2n) is 8.90. The molecule has 0 fully saturated rings. The van der Waals surface area contributed by atoms with E-state index < -0.39 is 101 Å². The fourth-order valence-corrected chi connectivity index (χ4v) is 5.89. The predicted octanol–water partition coefficient (Wildman–Crippen LogP) is 10.1. The molecule has 0 spiro atoms. The molecule has 1 aromatic rings. The van der Waals surface area contributed by atoms with Gasteiger partial charge in [-0.3, -0.25) is 0 Å². The van der Waals surface area contributed by atoms with Crippen LogP contribution in [0.25, 0.3) is 0 Å². The van der Waals surface area contributed by atoms with Gasteiger partial charge in [-0.05, 0) is 17.3 Å². The SMILES string of the molecule is FC(F)(F)C(F)(F)C(F)(F)C(F)(F)C(F)(F)C(F)(F)C(F)(F)C(F)(F)C(F)(F)C(F)(F)O[Si](c1ccc(Br)cc1)(C(F)(F)F)C(F)(F)F. The van der Waals surface area contributed by atoms with Crippen LogP contribution in [0.3, 0.4) is 0 Å². The second kappa shape index (κ2) is 11.5. The molecule has 0 atom stereocenters. The highest BCUT2D eigenvalue weighted by atomic mass is 79.9. The number of hydrogen-bond donors (Lipinski definition) is 0. The molecular weight excluding hydrogens is 853 g/mol. The van der Waals surface area contributed by atoms with Crippen LogP contribution in [-0.2, 0) is 4.43 Å². The monoisotopic (exact) mass is 856 g/mol. The summed E-state index contributed by atoms with van der Waals surface area (Å²) >= 11 is 2.37. The molecule has 0 bridgehead atoms. The van der Waals surface area contributed by atoms with E-state index in [1.807, 2.05) is 4.43 Å². The maximum Gasteiger partial charge on any atom is 0.468 e. The van der Waals surface area contributed by atoms with E-state index in [9.17, 15) is 119 Å². The van der Waals surface area contributed by atoms with Crippen LogP contribution in [0, 0.1) is 0 Å². The summed E-state index contributed by atoms with van der Waals surface area (Å²) in [4.78, 5) is 0. The largest absolute Gasteiger partial charge is 0.468 e. The van der Waals surface area contributed by atoms with Crippen molar-refractivity contribution in [2.24, 2.45) is 0 Å². The molecule has 0 aliphatic rings. The molecule has 1 nitrogen and oxygen atoms in total. The highest BCUT2D eigenvalue weighted by molar-refractivity contribution is 9.10. The van der Waals surface area contributed by atoms with Crippen molar-refractivity contribution in [2.45, 2.75) is 71.3 Å². The summed E-state index contributed by atoms with van der Waals surface area (Å²) < 4.78 is 367. The van der Waals surface area contributed by atoms with Gasteiger partial charge in [-0.25, -0.2) is 0 Å². The molecule has 1 aromatic carbocycles. The topological polar surface area (TPSA) is 9.23 Å². The minimum absolute atomic E-state index is 0.0673. The van der Waals surface area contributed by atoms with Gasteiger partial charge in [-0.1, -0.05) is 28.1 Å². The Kier molecular flexibility index (Phi) is 10.5. The lowest BCUT2D eigenvalue weighted by molar-refractivity contribution is -0.481. The summed E-state index contributed by atoms with van der Waals surface area (Å²) in [5.74, 6) is -89.9. The molecule has 0 radical (unpaired) electrons. The molecule has 30 heteroatoms. The highest BCUT2D eigenvalue weighted by Crippen LogP contribution is 2.66. The van der Waals surface area contributed by atoms with Crippen LogP contribution in [0.5, 0.6) is 0 Å². The maximum atomic E-state index is 14.3. The van der Waals surface area contributed by atoms with Crippen molar-refractivity contribution >= 4 is 29.4 Å². The van der Waals surface area contributed by atoms with Crippen LogP contribution in [0.1, 0.15) is 0 Å². The van der Waals surface area contributed by atoms with E-state index in [1.165, 1.54) is 0 Å². The van der Waals surface area contributed by atoms with Gasteiger partial charge in [0, 0.05) is 4.47 Å². The summed E-state index contributed by atoms with van der Waals surface area (Å²) in [6.45, 7) is 0. The fraction of sp³-hybridized carbons (Fsp3) is 0.667. The smallest absolute Gasteiger partial charge is 0.335 e. The van der Waals surface area contributed by atoms with Crippen molar-refractivity contribution in [3.63, 3.8) is 0 Å². The van der Waals surface area contributed by atoms with Crippen molar-refractivity contribution in [1.82, 2.24) is 0 Å². The zero-order valence-electron chi connectivity index (χ0n) is 20.8. The van der Waals surface area contributed by atoms with Gasteiger partial charge < -0.3 is 4.43 Å². The average Bonchev–Trinajstić information content (AvgIpc) is 2.84. The lowest BCUT2D eigenvalue weighted by Gasteiger charge is -2.45. The standard InChI is InChI=1S/C18H4BrF27OSi/c19-5-1-3-6(4-2-5)48(17(41,42)43,18(44,45)46)47-16(39,40)14(34,35)12(30,31)10(26,27)8(22,23)7(20,21)9(24,25)11(28,29)13(32,33)15(36,37)38/h1-4H. The third-order valence-corrected chi connectivity index (χ3v) is 9.65. The van der Waals surface area contributed by atoms with Crippen LogP contribution in [0.15, 0.2) is 28.7 Å². The quantitative estimate of drug-likeness (QED) is 0.159. The number of hydrogen-bond acceptors (Lipinski definition) is 1. The highest BCUT2D eigenvalue weighted by Gasteiger charge is 2.98. The minimum Gasteiger partial charge on any atom is -0.335 e. The molecule has 282 valence electrons. The van der Waals surface area contributed by atoms with Crippen LogP contribution in [0.2, 0.25) is 0 Å². The van der Waals surface area contributed by atoms with E-state index in [2.05, 4.69) is 15.9 Å². The van der Waals surface area contributed by atoms with E-state index in [4.69, 9.17) is 0 Å². The Morgan fingerprint density at radius 3 is 0.875 bits per heavy atom. The lowest BCUT2D eigenvalue weighted by Crippen LogP contribution is -2.79. The molecular formula is C18H4BrF27OSi. The Balaban J connectivity index is 4.05. The summed E-state index contributed by atoms with van der Waals surface area (Å²) in [6, 6.07) is -0.937. The average molecular weight is 857 g/mol. The molecule has 0 aliphatic heterocycles. The van der Waals surface area contributed by atoms with Crippen molar-refractivity contribution in [3.05, 3.63) is 28.7 Å². The molecule has 48 heavy (non-hydrogen) atoms. The van der Waals surface area contributed by atoms with Gasteiger partial charge in [0.1, 0.15) is 0 Å². The Morgan fingerprint density at radius 2 is 0.625 bits per heavy atom. The van der Waals surface area contributed by atoms with Crippen LogP contribution in [0.4, 0.5) is 119 Å². The number of rotatable bonds is 11. The van der Waals surface area contributed by atoms with E-state index in [0.29, 0.717) is 0 Å². The van der Waals surface area contributed by atoms with E-state index in [1.54, 1.807) is 0 Å². The first-order valence-corrected chi connectivity index (χ1v) is 13.2. The Morgan fingerprint density at radius 1 is 0.375 bits per heavy atom. The van der Waals surface area contributed by atoms with Gasteiger partial charge in [0.15, 0.2) is 0 Å². The Bertz CT molecular complexity index is 1290. The third-order valence-electron chi connectivity index (χ3n) is 5.81. The van der Waals surface area contributed by atoms with Gasteiger partial charge in [0.05, 0.1) is 0 Å². The predicted molar refractivity (Wildman–Crippen MR) is 103 cm³/mol. The first-order valence-electron chi connectivity index (χ1n) is 10.5. The number of benzene rings is 1. The van der Waals surface area contributed by atoms with Gasteiger partial charge in [0.2, 0.25) is 0 Å². The Labute approximate surface area is 253 Å². The number of alkyl halides is 27. The first kappa shape index (κ1) is 44.0. The molecule has 0 N–H and O–H groups in total. The Hall–Kier alpha value is -2.01. The lowest BCUT2D eigenvalue weighted by atomic mass is 9.87. The van der Waals surface area contributed by atoms with E-state index >= 15 is 0 Å². The molecule has 0 saturated carbocycles. The van der Waals surface area contributed by atoms with Crippen LogP contribution < -0.4 is 5.19 Å². The van der Waals surface area contributed by atoms with Gasteiger partial charge in [-0.2, -0.15) is 119 Å². The van der Waals surface area contributed by atoms with Crippen molar-refractivity contribution in [2.75, 3.05) is 0 Å². The van der Waals surface area contributed by atoms with Gasteiger partial charge >= 0.3 is 79.6 Å². The summed E-state index contributed by atoms with van der Waals surface area (Å²) in [6.07, 6.45) is -16.8. The zero-order chi connectivity index (χ0) is 39.2. The molecule has 0 amide bonds. The van der Waals surface area contributed by atoms with Crippen molar-refractivity contribution < 1.29 is 123 Å². The molecule has 0 aromatic heterocycles. The van der Waals surface area contributed by atoms with Crippen LogP contribution in [-0.4, -0.2) is 79.6 Å². The summed E-state index contributed by atoms with van der Waals surface area (Å²) in [5, 5.41) is -2.74. The molecule has 0 heterocycles. The molecule has 1 rings (SSSR count). The number of halogens is 28. The second-order valence-corrected chi connectivity index (χ2v) is 13.1. The maximum absolute atomic E-state index is 14.3.